The Balaban J connectivity index is 0.000000970. The first-order chi connectivity index (χ1) is 12.0. The van der Waals surface area contributed by atoms with E-state index in [2.05, 4.69) is 20.4 Å². The van der Waals surface area contributed by atoms with Gasteiger partial charge in [0.1, 0.15) is 10.8 Å². The number of carbonyl (C=O) groups excluding carboxylic acids is 1. The van der Waals surface area contributed by atoms with Crippen molar-refractivity contribution in [3.05, 3.63) is 34.8 Å². The maximum absolute atomic E-state index is 12.0. The molecule has 1 heterocycles. The third-order valence-electron chi connectivity index (χ3n) is 2.98. The van der Waals surface area contributed by atoms with E-state index in [4.69, 9.17) is 14.6 Å². The molecule has 2 rings (SSSR count). The molecule has 2 aromatic rings. The second-order valence-corrected chi connectivity index (χ2v) is 6.30. The fourth-order valence-corrected chi connectivity index (χ4v) is 2.60. The minimum Gasteiger partial charge on any atom is -0.497 e. The van der Waals surface area contributed by atoms with Crippen LogP contribution in [0, 0.1) is 0 Å². The predicted octanol–water partition coefficient (Wildman–Crippen LogP) is 1.53. The summed E-state index contributed by atoms with van der Waals surface area (Å²) in [5, 5.41) is 19.2. The van der Waals surface area contributed by atoms with Crippen LogP contribution in [0.15, 0.2) is 24.3 Å². The largest absolute Gasteiger partial charge is 0.497 e. The third-order valence-corrected chi connectivity index (χ3v) is 3.88. The maximum atomic E-state index is 12.0. The Kier molecular flexibility index (Phi) is 9.12. The van der Waals surface area contributed by atoms with E-state index in [0.717, 1.165) is 29.3 Å². The Hall–Kier alpha value is -2.52. The third kappa shape index (κ3) is 8.23. The summed E-state index contributed by atoms with van der Waals surface area (Å²) in [7, 11) is 5.63. The monoisotopic (exact) mass is 366 g/mol. The molecular weight excluding hydrogens is 344 g/mol. The summed E-state index contributed by atoms with van der Waals surface area (Å²) >= 11 is 1.42. The highest BCUT2D eigenvalue weighted by molar-refractivity contribution is 7.15. The van der Waals surface area contributed by atoms with Crippen molar-refractivity contribution in [1.29, 1.82) is 0 Å². The molecule has 0 saturated heterocycles. The molecule has 25 heavy (non-hydrogen) atoms. The number of benzene rings is 1. The zero-order valence-electron chi connectivity index (χ0n) is 14.4. The summed E-state index contributed by atoms with van der Waals surface area (Å²) in [4.78, 5) is 22.5. The van der Waals surface area contributed by atoms with E-state index >= 15 is 0 Å². The van der Waals surface area contributed by atoms with Crippen molar-refractivity contribution in [2.45, 2.75) is 12.8 Å². The highest BCUT2D eigenvalue weighted by atomic mass is 32.1. The van der Waals surface area contributed by atoms with Crippen LogP contribution in [0.3, 0.4) is 0 Å². The molecule has 1 aromatic carbocycles. The van der Waals surface area contributed by atoms with Gasteiger partial charge in [0.15, 0.2) is 0 Å². The van der Waals surface area contributed by atoms with Crippen LogP contribution >= 0.6 is 11.3 Å². The van der Waals surface area contributed by atoms with Crippen molar-refractivity contribution in [3.63, 3.8) is 0 Å². The van der Waals surface area contributed by atoms with Crippen molar-refractivity contribution in [2.24, 2.45) is 0 Å². The minimum absolute atomic E-state index is 0.108. The topological polar surface area (TPSA) is 105 Å². The van der Waals surface area contributed by atoms with E-state index in [1.54, 1.807) is 7.11 Å². The molecule has 0 unspecified atom stereocenters. The summed E-state index contributed by atoms with van der Waals surface area (Å²) < 4.78 is 5.15. The number of hydrogen-bond donors (Lipinski definition) is 2. The second kappa shape index (κ2) is 11.1. The lowest BCUT2D eigenvalue weighted by atomic mass is 10.1. The van der Waals surface area contributed by atoms with Crippen molar-refractivity contribution in [2.75, 3.05) is 33.1 Å². The van der Waals surface area contributed by atoms with Gasteiger partial charge in [-0.15, -0.1) is 10.2 Å². The summed E-state index contributed by atoms with van der Waals surface area (Å²) in [5.41, 5.74) is 0.897. The van der Waals surface area contributed by atoms with Gasteiger partial charge < -0.3 is 20.1 Å². The van der Waals surface area contributed by atoms with E-state index in [1.165, 1.54) is 11.3 Å². The highest BCUT2D eigenvalue weighted by Crippen LogP contribution is 2.17. The standard InChI is InChI=1S/C15H20N4O2S.CH2O2/c1-19(2)8-7-14-17-18-15(22-14)16-13(20)10-11-5-4-6-12(9-11)21-3;2-1-3/h4-6,9H,7-8,10H2,1-3H3,(H,16,18,20);1H,(H,2,3). The number of aromatic nitrogens is 2. The summed E-state index contributed by atoms with van der Waals surface area (Å²) in [6.07, 6.45) is 1.11. The molecule has 0 aliphatic heterocycles. The van der Waals surface area contributed by atoms with Crippen LogP contribution in [0.2, 0.25) is 0 Å². The van der Waals surface area contributed by atoms with E-state index in [0.29, 0.717) is 5.13 Å². The normalized spacial score (nSPS) is 9.92. The smallest absolute Gasteiger partial charge is 0.290 e. The zero-order valence-corrected chi connectivity index (χ0v) is 15.2. The quantitative estimate of drug-likeness (QED) is 0.716. The molecule has 0 bridgehead atoms. The fourth-order valence-electron chi connectivity index (χ4n) is 1.86. The number of carbonyl (C=O) groups is 2. The molecule has 0 saturated carbocycles. The Bertz CT molecular complexity index is 676. The number of hydrogen-bond acceptors (Lipinski definition) is 7. The van der Waals surface area contributed by atoms with Crippen molar-refractivity contribution in [1.82, 2.24) is 15.1 Å². The van der Waals surface area contributed by atoms with Gasteiger partial charge >= 0.3 is 0 Å². The Labute approximate surface area is 150 Å². The number of amides is 1. The number of methoxy groups -OCH3 is 1. The molecule has 0 fully saturated rings. The number of likely N-dealkylation sites (N-methyl/N-ethyl adjacent to an activating group) is 1. The van der Waals surface area contributed by atoms with Gasteiger partial charge in [-0.05, 0) is 31.8 Å². The number of anilines is 1. The fraction of sp³-hybridized carbons (Fsp3) is 0.375. The van der Waals surface area contributed by atoms with E-state index in [-0.39, 0.29) is 18.8 Å². The second-order valence-electron chi connectivity index (χ2n) is 5.24. The Morgan fingerprint density at radius 3 is 2.76 bits per heavy atom. The van der Waals surface area contributed by atoms with Gasteiger partial charge in [-0.25, -0.2) is 0 Å². The Morgan fingerprint density at radius 1 is 1.40 bits per heavy atom. The first kappa shape index (κ1) is 20.5. The van der Waals surface area contributed by atoms with Gasteiger partial charge in [0.25, 0.3) is 6.47 Å². The average Bonchev–Trinajstić information content (AvgIpc) is 3.01. The molecule has 136 valence electrons. The lowest BCUT2D eigenvalue weighted by Gasteiger charge is -2.06. The number of nitrogens with one attached hydrogen (secondary N) is 1. The van der Waals surface area contributed by atoms with Gasteiger partial charge in [0.2, 0.25) is 11.0 Å². The lowest BCUT2D eigenvalue weighted by Crippen LogP contribution is -2.14. The van der Waals surface area contributed by atoms with Crippen molar-refractivity contribution < 1.29 is 19.4 Å². The average molecular weight is 366 g/mol. The van der Waals surface area contributed by atoms with E-state index in [9.17, 15) is 4.79 Å². The molecule has 0 spiro atoms. The lowest BCUT2D eigenvalue weighted by molar-refractivity contribution is -0.123. The van der Waals surface area contributed by atoms with Gasteiger partial charge in [-0.2, -0.15) is 0 Å². The van der Waals surface area contributed by atoms with Crippen LogP contribution in [0.25, 0.3) is 0 Å². The molecule has 0 atom stereocenters. The molecule has 1 amide bonds. The van der Waals surface area contributed by atoms with Crippen molar-refractivity contribution >= 4 is 28.8 Å². The summed E-state index contributed by atoms with van der Waals surface area (Å²) in [5.74, 6) is 0.635. The number of ether oxygens (including phenoxy) is 1. The van der Waals surface area contributed by atoms with Crippen LogP contribution in [-0.2, 0) is 22.4 Å². The maximum Gasteiger partial charge on any atom is 0.290 e. The highest BCUT2D eigenvalue weighted by Gasteiger charge is 2.09. The SMILES string of the molecule is COc1cccc(CC(=O)Nc2nnc(CCN(C)C)s2)c1.O=CO. The van der Waals surface area contributed by atoms with Gasteiger partial charge in [-0.3, -0.25) is 9.59 Å². The number of rotatable bonds is 7. The van der Waals surface area contributed by atoms with Crippen molar-refractivity contribution in [3.8, 4) is 5.75 Å². The molecule has 0 radical (unpaired) electrons. The molecule has 0 aliphatic carbocycles. The molecule has 2 N–H and O–H groups in total. The number of nitrogens with zero attached hydrogens (tertiary/aromatic N) is 3. The number of carboxylic acid groups (broad SMARTS) is 1. The molecular formula is C16H22N4O4S. The first-order valence-corrected chi connectivity index (χ1v) is 8.28. The molecule has 8 nitrogen and oxygen atoms in total. The van der Waals surface area contributed by atoms with Crippen LogP contribution in [0.4, 0.5) is 5.13 Å². The summed E-state index contributed by atoms with van der Waals surface area (Å²) in [6.45, 7) is 0.659. The first-order valence-electron chi connectivity index (χ1n) is 7.46. The zero-order chi connectivity index (χ0) is 18.7. The summed E-state index contributed by atoms with van der Waals surface area (Å²) in [6, 6.07) is 7.46. The van der Waals surface area contributed by atoms with Crippen LogP contribution < -0.4 is 10.1 Å². The minimum atomic E-state index is -0.250. The predicted molar refractivity (Wildman–Crippen MR) is 96.2 cm³/mol. The Morgan fingerprint density at radius 2 is 2.12 bits per heavy atom. The molecule has 0 aliphatic rings. The van der Waals surface area contributed by atoms with Gasteiger partial charge in [-0.1, -0.05) is 23.5 Å². The van der Waals surface area contributed by atoms with Crippen LogP contribution in [0.1, 0.15) is 10.6 Å². The van der Waals surface area contributed by atoms with Gasteiger partial charge in [0.05, 0.1) is 13.5 Å². The molecule has 1 aromatic heterocycles. The van der Waals surface area contributed by atoms with Crippen LogP contribution in [-0.4, -0.2) is 60.3 Å². The van der Waals surface area contributed by atoms with Crippen LogP contribution in [0.5, 0.6) is 5.75 Å². The van der Waals surface area contributed by atoms with E-state index in [1.807, 2.05) is 38.4 Å². The van der Waals surface area contributed by atoms with E-state index < -0.39 is 0 Å². The van der Waals surface area contributed by atoms with Gasteiger partial charge in [0, 0.05) is 13.0 Å². The molecule has 9 heteroatoms.